The Morgan fingerprint density at radius 1 is 1.38 bits per heavy atom. The number of nitrogens with one attached hydrogen (secondary N) is 1. The van der Waals surface area contributed by atoms with Crippen LogP contribution in [0.25, 0.3) is 0 Å². The summed E-state index contributed by atoms with van der Waals surface area (Å²) in [6, 6.07) is -0.914. The Morgan fingerprint density at radius 3 is 2.48 bits per heavy atom. The van der Waals surface area contributed by atoms with E-state index >= 15 is 0 Å². The van der Waals surface area contributed by atoms with Crippen LogP contribution in [0.3, 0.4) is 0 Å². The largest absolute Gasteiger partial charge is 0.467 e. The zero-order chi connectivity index (χ0) is 16.5. The first-order valence-electron chi connectivity index (χ1n) is 6.72. The predicted octanol–water partition coefficient (Wildman–Crippen LogP) is 2.07. The van der Waals surface area contributed by atoms with Crippen molar-refractivity contribution in [2.75, 3.05) is 13.7 Å². The van der Waals surface area contributed by atoms with Crippen LogP contribution in [0.5, 0.6) is 0 Å². The highest BCUT2D eigenvalue weighted by Gasteiger charge is 2.24. The highest BCUT2D eigenvalue weighted by molar-refractivity contribution is 5.81. The number of hydrogen-bond donors (Lipinski definition) is 2. The van der Waals surface area contributed by atoms with E-state index in [4.69, 9.17) is 9.84 Å². The zero-order valence-corrected chi connectivity index (χ0v) is 12.9. The van der Waals surface area contributed by atoms with Gasteiger partial charge < -0.3 is 19.9 Å². The fraction of sp³-hybridized carbons (Fsp3) is 0.714. The van der Waals surface area contributed by atoms with Crippen molar-refractivity contribution in [1.29, 1.82) is 0 Å². The second-order valence-corrected chi connectivity index (χ2v) is 5.42. The third kappa shape index (κ3) is 9.84. The molecule has 6 nitrogen and oxygen atoms in total. The summed E-state index contributed by atoms with van der Waals surface area (Å²) in [6.45, 7) is 4.82. The third-order valence-electron chi connectivity index (χ3n) is 2.35. The summed E-state index contributed by atoms with van der Waals surface area (Å²) in [5.41, 5.74) is -0.683. The summed E-state index contributed by atoms with van der Waals surface area (Å²) in [4.78, 5) is 23.2. The lowest BCUT2D eigenvalue weighted by Gasteiger charge is -2.22. The molecule has 0 aliphatic heterocycles. The Hall–Kier alpha value is -1.63. The lowest BCUT2D eigenvalue weighted by atomic mass is 10.1. The van der Waals surface area contributed by atoms with Gasteiger partial charge in [0.15, 0.2) is 0 Å². The van der Waals surface area contributed by atoms with Gasteiger partial charge in [-0.2, -0.15) is 0 Å². The number of esters is 1. The Balaban J connectivity index is 4.50. The SMILES string of the molecule is COC(=O)C(CC/C=C(/F)CCO)NC(=O)OC(C)(C)C. The van der Waals surface area contributed by atoms with Gasteiger partial charge in [0, 0.05) is 13.0 Å². The van der Waals surface area contributed by atoms with Gasteiger partial charge in [-0.15, -0.1) is 0 Å². The van der Waals surface area contributed by atoms with Gasteiger partial charge in [-0.25, -0.2) is 14.0 Å². The van der Waals surface area contributed by atoms with Crippen LogP contribution in [-0.2, 0) is 14.3 Å². The van der Waals surface area contributed by atoms with Crippen molar-refractivity contribution in [2.45, 2.75) is 51.7 Å². The van der Waals surface area contributed by atoms with Crippen molar-refractivity contribution in [2.24, 2.45) is 0 Å². The number of halogens is 1. The molecule has 0 bridgehead atoms. The molecule has 122 valence electrons. The monoisotopic (exact) mass is 305 g/mol. The Labute approximate surface area is 124 Å². The van der Waals surface area contributed by atoms with Crippen LogP contribution in [0.15, 0.2) is 11.9 Å². The first-order chi connectivity index (χ1) is 9.69. The average molecular weight is 305 g/mol. The molecule has 2 N–H and O–H groups in total. The van der Waals surface area contributed by atoms with E-state index in [0.29, 0.717) is 0 Å². The molecule has 0 aromatic carbocycles. The van der Waals surface area contributed by atoms with E-state index in [1.165, 1.54) is 13.2 Å². The minimum Gasteiger partial charge on any atom is -0.467 e. The molecule has 0 spiro atoms. The van der Waals surface area contributed by atoms with Gasteiger partial charge >= 0.3 is 12.1 Å². The molecule has 1 unspecified atom stereocenters. The Kier molecular flexibility index (Phi) is 8.61. The van der Waals surface area contributed by atoms with Crippen molar-refractivity contribution in [1.82, 2.24) is 5.32 Å². The topological polar surface area (TPSA) is 84.9 Å². The molecule has 1 amide bonds. The van der Waals surface area contributed by atoms with Crippen LogP contribution >= 0.6 is 0 Å². The second-order valence-electron chi connectivity index (χ2n) is 5.42. The van der Waals surface area contributed by atoms with E-state index < -0.39 is 29.5 Å². The maximum Gasteiger partial charge on any atom is 0.408 e. The van der Waals surface area contributed by atoms with Gasteiger partial charge in [0.05, 0.1) is 12.9 Å². The molecule has 0 heterocycles. The third-order valence-corrected chi connectivity index (χ3v) is 2.35. The van der Waals surface area contributed by atoms with Gasteiger partial charge in [-0.1, -0.05) is 6.08 Å². The molecule has 0 aliphatic carbocycles. The number of amides is 1. The number of aliphatic hydroxyl groups is 1. The van der Waals surface area contributed by atoms with E-state index in [0.717, 1.165) is 0 Å². The summed E-state index contributed by atoms with van der Waals surface area (Å²) in [6.07, 6.45) is 0.856. The number of rotatable bonds is 7. The summed E-state index contributed by atoms with van der Waals surface area (Å²) >= 11 is 0. The second kappa shape index (κ2) is 9.33. The summed E-state index contributed by atoms with van der Waals surface area (Å²) in [5.74, 6) is -1.09. The maximum absolute atomic E-state index is 13.1. The molecule has 0 saturated carbocycles. The fourth-order valence-corrected chi connectivity index (χ4v) is 1.46. The van der Waals surface area contributed by atoms with Crippen LogP contribution in [0, 0.1) is 0 Å². The molecule has 21 heavy (non-hydrogen) atoms. The number of methoxy groups -OCH3 is 1. The van der Waals surface area contributed by atoms with E-state index in [1.807, 2.05) is 0 Å². The standard InChI is InChI=1S/C14H24FNO5/c1-14(2,3)21-13(19)16-11(12(18)20-4)7-5-6-10(15)8-9-17/h6,11,17H,5,7-9H2,1-4H3,(H,16,19)/b10-6+. The molecular weight excluding hydrogens is 281 g/mol. The van der Waals surface area contributed by atoms with Crippen LogP contribution < -0.4 is 5.32 Å². The first kappa shape index (κ1) is 19.4. The number of alkyl carbamates (subject to hydrolysis) is 1. The lowest BCUT2D eigenvalue weighted by Crippen LogP contribution is -2.43. The molecule has 0 radical (unpaired) electrons. The van der Waals surface area contributed by atoms with Gasteiger partial charge in [-0.05, 0) is 33.6 Å². The van der Waals surface area contributed by atoms with Crippen molar-refractivity contribution in [3.8, 4) is 0 Å². The molecule has 0 aromatic rings. The predicted molar refractivity (Wildman–Crippen MR) is 75.3 cm³/mol. The van der Waals surface area contributed by atoms with Crippen LogP contribution in [0.1, 0.15) is 40.0 Å². The van der Waals surface area contributed by atoms with Crippen LogP contribution in [0.4, 0.5) is 9.18 Å². The Morgan fingerprint density at radius 2 is 2.00 bits per heavy atom. The van der Waals surface area contributed by atoms with Gasteiger partial charge in [-0.3, -0.25) is 0 Å². The number of carbonyl (C=O) groups excluding carboxylic acids is 2. The van der Waals surface area contributed by atoms with Gasteiger partial charge in [0.2, 0.25) is 0 Å². The zero-order valence-electron chi connectivity index (χ0n) is 12.9. The van der Waals surface area contributed by atoms with Crippen molar-refractivity contribution >= 4 is 12.1 Å². The van der Waals surface area contributed by atoms with E-state index in [9.17, 15) is 14.0 Å². The molecule has 0 rings (SSSR count). The molecule has 0 saturated heterocycles. The smallest absolute Gasteiger partial charge is 0.408 e. The summed E-state index contributed by atoms with van der Waals surface area (Å²) in [7, 11) is 1.20. The van der Waals surface area contributed by atoms with Crippen molar-refractivity contribution < 1.29 is 28.6 Å². The summed E-state index contributed by atoms with van der Waals surface area (Å²) in [5, 5.41) is 11.0. The average Bonchev–Trinajstić information content (AvgIpc) is 2.34. The highest BCUT2D eigenvalue weighted by Crippen LogP contribution is 2.10. The normalized spacial score (nSPS) is 13.5. The molecule has 7 heteroatoms. The molecule has 0 fully saturated rings. The highest BCUT2D eigenvalue weighted by atomic mass is 19.1. The minimum absolute atomic E-state index is 0.0671. The lowest BCUT2D eigenvalue weighted by molar-refractivity contribution is -0.143. The van der Waals surface area contributed by atoms with E-state index in [-0.39, 0.29) is 25.9 Å². The fourth-order valence-electron chi connectivity index (χ4n) is 1.46. The Bertz CT molecular complexity index is 376. The maximum atomic E-state index is 13.1. The summed E-state index contributed by atoms with van der Waals surface area (Å²) < 4.78 is 22.7. The van der Waals surface area contributed by atoms with Crippen LogP contribution in [0.2, 0.25) is 0 Å². The number of hydrogen-bond acceptors (Lipinski definition) is 5. The van der Waals surface area contributed by atoms with Crippen molar-refractivity contribution in [3.63, 3.8) is 0 Å². The molecule has 1 atom stereocenters. The molecule has 0 aromatic heterocycles. The minimum atomic E-state index is -0.914. The van der Waals surface area contributed by atoms with Crippen LogP contribution in [-0.4, -0.2) is 42.5 Å². The first-order valence-corrected chi connectivity index (χ1v) is 6.72. The van der Waals surface area contributed by atoms with E-state index in [2.05, 4.69) is 10.1 Å². The van der Waals surface area contributed by atoms with Crippen molar-refractivity contribution in [3.05, 3.63) is 11.9 Å². The molecular formula is C14H24FNO5. The molecule has 0 aliphatic rings. The number of ether oxygens (including phenoxy) is 2. The number of aliphatic hydroxyl groups excluding tert-OH is 1. The number of allylic oxidation sites excluding steroid dienone is 1. The quantitative estimate of drug-likeness (QED) is 0.703. The van der Waals surface area contributed by atoms with Gasteiger partial charge in [0.25, 0.3) is 0 Å². The van der Waals surface area contributed by atoms with Gasteiger partial charge in [0.1, 0.15) is 11.6 Å². The van der Waals surface area contributed by atoms with E-state index in [1.54, 1.807) is 20.8 Å². The number of carbonyl (C=O) groups is 2.